The Morgan fingerprint density at radius 3 is 2.69 bits per heavy atom. The molecule has 2 rings (SSSR count). The van der Waals surface area contributed by atoms with Gasteiger partial charge in [0, 0.05) is 24.8 Å². The van der Waals surface area contributed by atoms with Gasteiger partial charge in [-0.15, -0.1) is 0 Å². The number of nitrogens with two attached hydrogens (primary N) is 1. The van der Waals surface area contributed by atoms with Gasteiger partial charge < -0.3 is 10.6 Å². The number of hydrogen-bond acceptors (Lipinski definition) is 3. The van der Waals surface area contributed by atoms with Gasteiger partial charge in [0.1, 0.15) is 5.82 Å². The molecule has 0 spiro atoms. The number of aryl methyl sites for hydroxylation is 1. The van der Waals surface area contributed by atoms with Gasteiger partial charge in [-0.05, 0) is 37.8 Å². The van der Waals surface area contributed by atoms with Gasteiger partial charge in [-0.1, -0.05) is 13.0 Å². The molecule has 1 aliphatic rings. The van der Waals surface area contributed by atoms with Crippen molar-refractivity contribution in [3.8, 4) is 0 Å². The smallest absolute Gasteiger partial charge is 0.129 e. The number of aromatic nitrogens is 1. The van der Waals surface area contributed by atoms with Gasteiger partial charge in [0.2, 0.25) is 0 Å². The molecule has 0 radical (unpaired) electrons. The minimum Gasteiger partial charge on any atom is -0.354 e. The monoisotopic (exact) mass is 219 g/mol. The molecule has 0 saturated heterocycles. The van der Waals surface area contributed by atoms with Crippen molar-refractivity contribution in [1.82, 2.24) is 4.98 Å². The molecule has 1 heterocycles. The third-order valence-corrected chi connectivity index (χ3v) is 3.15. The predicted octanol–water partition coefficient (Wildman–Crippen LogP) is 2.23. The normalized spacial score (nSPS) is 15.2. The Morgan fingerprint density at radius 1 is 1.44 bits per heavy atom. The van der Waals surface area contributed by atoms with E-state index in [-0.39, 0.29) is 0 Å². The third kappa shape index (κ3) is 2.35. The molecule has 0 aromatic carbocycles. The number of nitrogens with zero attached hydrogens (tertiary/aromatic N) is 2. The average Bonchev–Trinajstić information content (AvgIpc) is 3.09. The molecule has 1 aromatic rings. The fourth-order valence-corrected chi connectivity index (χ4v) is 2.06. The van der Waals surface area contributed by atoms with Crippen molar-refractivity contribution >= 4 is 5.82 Å². The van der Waals surface area contributed by atoms with E-state index in [4.69, 9.17) is 5.73 Å². The van der Waals surface area contributed by atoms with Gasteiger partial charge >= 0.3 is 0 Å². The lowest BCUT2D eigenvalue weighted by atomic mass is 10.2. The zero-order chi connectivity index (χ0) is 11.5. The first-order chi connectivity index (χ1) is 7.76. The van der Waals surface area contributed by atoms with Crippen molar-refractivity contribution in [3.63, 3.8) is 0 Å². The highest BCUT2D eigenvalue weighted by atomic mass is 15.2. The minimum atomic E-state index is 0.580. The highest BCUT2D eigenvalue weighted by molar-refractivity contribution is 5.44. The van der Waals surface area contributed by atoms with E-state index in [1.54, 1.807) is 0 Å². The summed E-state index contributed by atoms with van der Waals surface area (Å²) in [5, 5.41) is 0. The van der Waals surface area contributed by atoms with Crippen molar-refractivity contribution < 1.29 is 0 Å². The van der Waals surface area contributed by atoms with Crippen molar-refractivity contribution in [2.75, 3.05) is 11.4 Å². The largest absolute Gasteiger partial charge is 0.354 e. The van der Waals surface area contributed by atoms with E-state index < -0.39 is 0 Å². The van der Waals surface area contributed by atoms with Gasteiger partial charge in [-0.3, -0.25) is 0 Å². The van der Waals surface area contributed by atoms with Crippen LogP contribution in [-0.4, -0.2) is 17.6 Å². The van der Waals surface area contributed by atoms with E-state index in [0.717, 1.165) is 29.7 Å². The second-order valence-corrected chi connectivity index (χ2v) is 4.54. The van der Waals surface area contributed by atoms with Crippen LogP contribution in [0, 0.1) is 6.92 Å². The minimum absolute atomic E-state index is 0.580. The van der Waals surface area contributed by atoms with E-state index in [9.17, 15) is 0 Å². The van der Waals surface area contributed by atoms with Crippen molar-refractivity contribution in [2.24, 2.45) is 5.73 Å². The highest BCUT2D eigenvalue weighted by Gasteiger charge is 2.29. The summed E-state index contributed by atoms with van der Waals surface area (Å²) in [5.74, 6) is 1.12. The van der Waals surface area contributed by atoms with Crippen LogP contribution in [0.15, 0.2) is 12.1 Å². The fourth-order valence-electron chi connectivity index (χ4n) is 2.06. The Morgan fingerprint density at radius 2 is 2.19 bits per heavy atom. The Bertz CT molecular complexity index is 358. The summed E-state index contributed by atoms with van der Waals surface area (Å²) in [6.45, 7) is 5.95. The molecule has 2 N–H and O–H groups in total. The molecule has 0 aliphatic heterocycles. The van der Waals surface area contributed by atoms with Crippen LogP contribution in [0.2, 0.25) is 0 Å². The molecule has 88 valence electrons. The van der Waals surface area contributed by atoms with Gasteiger partial charge in [0.25, 0.3) is 0 Å². The summed E-state index contributed by atoms with van der Waals surface area (Å²) < 4.78 is 0. The lowest BCUT2D eigenvalue weighted by molar-refractivity contribution is 0.747. The topological polar surface area (TPSA) is 42.1 Å². The molecular formula is C13H21N3. The molecule has 1 fully saturated rings. The van der Waals surface area contributed by atoms with Crippen LogP contribution in [0.1, 0.15) is 37.4 Å². The summed E-state index contributed by atoms with van der Waals surface area (Å²) in [5.41, 5.74) is 7.87. The lowest BCUT2D eigenvalue weighted by Crippen LogP contribution is -2.27. The SMILES string of the molecule is CCCN(c1ccc(CN)c(C)n1)C1CC1. The molecule has 1 aliphatic carbocycles. The Labute approximate surface area is 97.7 Å². The Hall–Kier alpha value is -1.09. The maximum atomic E-state index is 5.65. The highest BCUT2D eigenvalue weighted by Crippen LogP contribution is 2.31. The van der Waals surface area contributed by atoms with E-state index in [1.165, 1.54) is 19.3 Å². The molecule has 1 saturated carbocycles. The molecule has 1 aromatic heterocycles. The molecule has 16 heavy (non-hydrogen) atoms. The molecule has 0 unspecified atom stereocenters. The molecule has 0 atom stereocenters. The van der Waals surface area contributed by atoms with E-state index in [2.05, 4.69) is 28.9 Å². The van der Waals surface area contributed by atoms with Crippen molar-refractivity contribution in [3.05, 3.63) is 23.4 Å². The van der Waals surface area contributed by atoms with Crippen LogP contribution in [-0.2, 0) is 6.54 Å². The van der Waals surface area contributed by atoms with Crippen LogP contribution >= 0.6 is 0 Å². The van der Waals surface area contributed by atoms with E-state index in [0.29, 0.717) is 6.54 Å². The van der Waals surface area contributed by atoms with Crippen LogP contribution in [0.5, 0.6) is 0 Å². The molecule has 3 heteroatoms. The second-order valence-electron chi connectivity index (χ2n) is 4.54. The van der Waals surface area contributed by atoms with Crippen LogP contribution < -0.4 is 10.6 Å². The summed E-state index contributed by atoms with van der Waals surface area (Å²) in [6.07, 6.45) is 3.81. The maximum absolute atomic E-state index is 5.65. The number of anilines is 1. The van der Waals surface area contributed by atoms with Crippen LogP contribution in [0.4, 0.5) is 5.82 Å². The predicted molar refractivity (Wildman–Crippen MR) is 67.5 cm³/mol. The zero-order valence-corrected chi connectivity index (χ0v) is 10.2. The Kier molecular flexibility index (Phi) is 3.44. The van der Waals surface area contributed by atoms with Crippen LogP contribution in [0.3, 0.4) is 0 Å². The summed E-state index contributed by atoms with van der Waals surface area (Å²) in [7, 11) is 0. The first kappa shape index (κ1) is 11.4. The molecule has 0 amide bonds. The first-order valence-corrected chi connectivity index (χ1v) is 6.19. The summed E-state index contributed by atoms with van der Waals surface area (Å²) in [4.78, 5) is 7.11. The number of rotatable bonds is 5. The Balaban J connectivity index is 2.20. The number of hydrogen-bond donors (Lipinski definition) is 1. The first-order valence-electron chi connectivity index (χ1n) is 6.19. The lowest BCUT2D eigenvalue weighted by Gasteiger charge is -2.23. The van der Waals surface area contributed by atoms with Gasteiger partial charge in [0.15, 0.2) is 0 Å². The van der Waals surface area contributed by atoms with Crippen molar-refractivity contribution in [2.45, 2.75) is 45.7 Å². The maximum Gasteiger partial charge on any atom is 0.129 e. The number of pyridine rings is 1. The fraction of sp³-hybridized carbons (Fsp3) is 0.615. The van der Waals surface area contributed by atoms with Gasteiger partial charge in [-0.2, -0.15) is 0 Å². The molecular weight excluding hydrogens is 198 g/mol. The zero-order valence-electron chi connectivity index (χ0n) is 10.2. The average molecular weight is 219 g/mol. The summed E-state index contributed by atoms with van der Waals surface area (Å²) in [6, 6.07) is 4.96. The standard InChI is InChI=1S/C13H21N3/c1-3-8-16(12-5-6-12)13-7-4-11(9-14)10(2)15-13/h4,7,12H,3,5-6,8-9,14H2,1-2H3. The van der Waals surface area contributed by atoms with E-state index in [1.807, 2.05) is 6.92 Å². The molecule has 3 nitrogen and oxygen atoms in total. The van der Waals surface area contributed by atoms with Crippen LogP contribution in [0.25, 0.3) is 0 Å². The van der Waals surface area contributed by atoms with Gasteiger partial charge in [0.05, 0.1) is 0 Å². The van der Waals surface area contributed by atoms with Crippen molar-refractivity contribution in [1.29, 1.82) is 0 Å². The van der Waals surface area contributed by atoms with Gasteiger partial charge in [-0.25, -0.2) is 4.98 Å². The summed E-state index contributed by atoms with van der Waals surface area (Å²) >= 11 is 0. The second kappa shape index (κ2) is 4.83. The molecule has 0 bridgehead atoms. The van der Waals surface area contributed by atoms with E-state index >= 15 is 0 Å². The quantitative estimate of drug-likeness (QED) is 0.825. The third-order valence-electron chi connectivity index (χ3n) is 3.15.